The summed E-state index contributed by atoms with van der Waals surface area (Å²) in [5.41, 5.74) is 11.6. The zero-order valence-corrected chi connectivity index (χ0v) is 32.1. The Kier molecular flexibility index (Phi) is 9.23. The highest BCUT2D eigenvalue weighted by Gasteiger charge is 2.47. The third-order valence-corrected chi connectivity index (χ3v) is 12.6. The zero-order valence-electron chi connectivity index (χ0n) is 32.1. The van der Waals surface area contributed by atoms with Gasteiger partial charge in [-0.25, -0.2) is 13.8 Å². The molecule has 0 radical (unpaired) electrons. The first-order valence-corrected chi connectivity index (χ1v) is 19.9. The number of imidazole rings is 1. The number of likely N-dealkylation sites (tertiary alicyclic amines) is 2. The number of fused-ring (bicyclic) bond motifs is 7. The van der Waals surface area contributed by atoms with Crippen LogP contribution in [-0.4, -0.2) is 73.4 Å². The fourth-order valence-corrected chi connectivity index (χ4v) is 9.27. The number of piperidine rings is 1. The summed E-state index contributed by atoms with van der Waals surface area (Å²) in [7, 11) is 2.03. The van der Waals surface area contributed by atoms with Crippen LogP contribution < -0.4 is 10.2 Å². The lowest BCUT2D eigenvalue weighted by molar-refractivity contribution is -0.0344. The van der Waals surface area contributed by atoms with Gasteiger partial charge in [0.15, 0.2) is 0 Å². The summed E-state index contributed by atoms with van der Waals surface area (Å²) in [5.74, 6) is 0.104. The smallest absolute Gasteiger partial charge is 0.208 e. The summed E-state index contributed by atoms with van der Waals surface area (Å²) >= 11 is 0. The normalized spacial score (nSPS) is 19.2. The molecule has 9 nitrogen and oxygen atoms in total. The molecule has 3 saturated heterocycles. The largest absolute Gasteiger partial charge is 0.374 e. The maximum absolute atomic E-state index is 13.7. The summed E-state index contributed by atoms with van der Waals surface area (Å²) < 4.78 is 31.8. The van der Waals surface area contributed by atoms with E-state index in [4.69, 9.17) is 9.97 Å². The molecule has 0 unspecified atom stereocenters. The molecule has 4 aliphatic heterocycles. The monoisotopic (exact) mass is 743 g/mol. The van der Waals surface area contributed by atoms with Crippen molar-refractivity contribution in [2.24, 2.45) is 18.4 Å². The van der Waals surface area contributed by atoms with Gasteiger partial charge in [-0.1, -0.05) is 32.1 Å². The predicted molar refractivity (Wildman–Crippen MR) is 215 cm³/mol. The predicted octanol–water partition coefficient (Wildman–Crippen LogP) is 8.17. The van der Waals surface area contributed by atoms with Gasteiger partial charge in [0, 0.05) is 103 Å². The first-order valence-electron chi connectivity index (χ1n) is 19.9. The van der Waals surface area contributed by atoms with Crippen LogP contribution >= 0.6 is 0 Å². The van der Waals surface area contributed by atoms with Crippen LogP contribution in [0.4, 0.5) is 20.4 Å². The van der Waals surface area contributed by atoms with E-state index in [-0.39, 0.29) is 0 Å². The molecule has 0 atom stereocenters. The molecule has 4 aliphatic rings. The van der Waals surface area contributed by atoms with Crippen LogP contribution in [0, 0.1) is 29.9 Å². The van der Waals surface area contributed by atoms with Gasteiger partial charge in [0.1, 0.15) is 11.6 Å². The average molecular weight is 744 g/mol. The number of halogens is 2. The molecule has 11 heteroatoms. The number of hydrogen-bond donors (Lipinski definition) is 1. The molecule has 0 saturated carbocycles. The van der Waals surface area contributed by atoms with E-state index < -0.39 is 11.6 Å². The molecule has 286 valence electrons. The fraction of sp³-hybridized carbons (Fsp3) is 0.432. The summed E-state index contributed by atoms with van der Waals surface area (Å²) in [6.07, 6.45) is 9.79. The molecular weight excluding hydrogens is 693 g/mol. The summed E-state index contributed by atoms with van der Waals surface area (Å²) in [4.78, 5) is 17.1. The second kappa shape index (κ2) is 14.2. The molecule has 1 spiro atoms. The number of pyridine rings is 1. The molecule has 55 heavy (non-hydrogen) atoms. The minimum atomic E-state index is -0.530. The SMILES string of the molecule is C=C1Nc2nc3ccc(CN4CCC5(CC4)CN(C(=C)C4CN(c6cc(F)cc(F)c6)C4)C5)cc3n2CCCCCCc2c(cnn2C)-c2cc1cc(C)n2. The van der Waals surface area contributed by atoms with Gasteiger partial charge in [-0.05, 0) is 94.1 Å². The molecule has 3 fully saturated rings. The first-order chi connectivity index (χ1) is 26.6. The van der Waals surface area contributed by atoms with Crippen LogP contribution in [0.5, 0.6) is 0 Å². The lowest BCUT2D eigenvalue weighted by Gasteiger charge is -2.58. The van der Waals surface area contributed by atoms with Crippen molar-refractivity contribution < 1.29 is 8.78 Å². The molecule has 0 aliphatic carbocycles. The van der Waals surface area contributed by atoms with Crippen molar-refractivity contribution in [2.45, 2.75) is 65.0 Å². The number of aryl methyl sites for hydroxylation is 3. The van der Waals surface area contributed by atoms with Crippen molar-refractivity contribution in [3.05, 3.63) is 108 Å². The van der Waals surface area contributed by atoms with Crippen LogP contribution in [-0.2, 0) is 26.6 Å². The van der Waals surface area contributed by atoms with Gasteiger partial charge in [-0.3, -0.25) is 14.6 Å². The summed E-state index contributed by atoms with van der Waals surface area (Å²) in [6.45, 7) is 18.6. The number of anilines is 2. The number of hydrogen-bond acceptors (Lipinski definition) is 7. The first kappa shape index (κ1) is 35.7. The van der Waals surface area contributed by atoms with E-state index in [2.05, 4.69) is 68.3 Å². The Morgan fingerprint density at radius 3 is 2.47 bits per heavy atom. The second-order valence-corrected chi connectivity index (χ2v) is 16.5. The van der Waals surface area contributed by atoms with Crippen LogP contribution in [0.25, 0.3) is 28.0 Å². The number of nitrogens with one attached hydrogen (secondary N) is 1. The van der Waals surface area contributed by atoms with E-state index >= 15 is 0 Å². The van der Waals surface area contributed by atoms with Crippen molar-refractivity contribution in [3.8, 4) is 11.3 Å². The highest BCUT2D eigenvalue weighted by Crippen LogP contribution is 2.44. The van der Waals surface area contributed by atoms with Crippen LogP contribution in [0.15, 0.2) is 73.6 Å². The van der Waals surface area contributed by atoms with Gasteiger partial charge < -0.3 is 19.7 Å². The van der Waals surface area contributed by atoms with Gasteiger partial charge in [0.25, 0.3) is 0 Å². The van der Waals surface area contributed by atoms with E-state index in [0.717, 1.165) is 130 Å². The summed E-state index contributed by atoms with van der Waals surface area (Å²) in [5, 5.41) is 8.19. The maximum Gasteiger partial charge on any atom is 0.208 e. The average Bonchev–Trinajstić information content (AvgIpc) is 3.65. The minimum Gasteiger partial charge on any atom is -0.374 e. The maximum atomic E-state index is 13.7. The highest BCUT2D eigenvalue weighted by molar-refractivity contribution is 5.83. The standard InChI is InChI=1S/C44H51F2N9/c1-29-17-33-19-40(48-29)38-23-47-51(4)41(38)9-7-5-6-8-14-55-42-18-32(10-11-39(42)50-43(55)49-30(33)2)24-52-15-12-44(13-16-52)27-54(28-44)31(3)34-25-53(26-34)37-21-35(45)20-36(46)22-37/h10-11,17-23,34H,2-3,5-9,12-16,24-28H2,1,4H3,(H,49,50). The van der Waals surface area contributed by atoms with E-state index in [9.17, 15) is 8.78 Å². The van der Waals surface area contributed by atoms with Gasteiger partial charge in [0.2, 0.25) is 5.95 Å². The van der Waals surface area contributed by atoms with Crippen molar-refractivity contribution >= 4 is 28.4 Å². The van der Waals surface area contributed by atoms with Crippen molar-refractivity contribution in [2.75, 3.05) is 49.5 Å². The topological polar surface area (TPSA) is 70.3 Å². The van der Waals surface area contributed by atoms with Crippen LogP contribution in [0.1, 0.15) is 61.0 Å². The van der Waals surface area contributed by atoms with E-state index in [1.165, 1.54) is 47.4 Å². The highest BCUT2D eigenvalue weighted by atomic mass is 19.1. The number of nitrogens with zero attached hydrogens (tertiary/aromatic N) is 8. The van der Waals surface area contributed by atoms with Gasteiger partial charge >= 0.3 is 0 Å². The molecule has 2 aromatic carbocycles. The second-order valence-electron chi connectivity index (χ2n) is 16.5. The lowest BCUT2D eigenvalue weighted by atomic mass is 9.71. The lowest BCUT2D eigenvalue weighted by Crippen LogP contribution is -2.62. The van der Waals surface area contributed by atoms with E-state index in [0.29, 0.717) is 17.0 Å². The van der Waals surface area contributed by atoms with Gasteiger partial charge in [0.05, 0.1) is 22.9 Å². The number of benzene rings is 2. The molecular formula is C44H51F2N9. The van der Waals surface area contributed by atoms with Crippen molar-refractivity contribution in [1.29, 1.82) is 0 Å². The molecule has 0 amide bonds. The Morgan fingerprint density at radius 1 is 0.927 bits per heavy atom. The fourth-order valence-electron chi connectivity index (χ4n) is 9.27. The Morgan fingerprint density at radius 2 is 1.69 bits per heavy atom. The van der Waals surface area contributed by atoms with Crippen molar-refractivity contribution in [3.63, 3.8) is 0 Å². The quantitative estimate of drug-likeness (QED) is 0.195. The number of rotatable bonds is 5. The Balaban J connectivity index is 0.842. The molecule has 1 N–H and O–H groups in total. The number of aromatic nitrogens is 5. The Bertz CT molecular complexity index is 2250. The summed E-state index contributed by atoms with van der Waals surface area (Å²) in [6, 6.07) is 14.7. The molecule has 9 rings (SSSR count). The molecule has 5 aromatic rings. The van der Waals surface area contributed by atoms with E-state index in [1.54, 1.807) is 0 Å². The Labute approximate surface area is 322 Å². The van der Waals surface area contributed by atoms with Crippen LogP contribution in [0.2, 0.25) is 0 Å². The zero-order chi connectivity index (χ0) is 37.8. The van der Waals surface area contributed by atoms with Crippen LogP contribution in [0.3, 0.4) is 0 Å². The third kappa shape index (κ3) is 7.03. The minimum absolute atomic E-state index is 0.333. The molecule has 3 aromatic heterocycles. The van der Waals surface area contributed by atoms with E-state index in [1.807, 2.05) is 29.7 Å². The Hall–Kier alpha value is -5.03. The molecule has 2 bridgehead atoms. The third-order valence-electron chi connectivity index (χ3n) is 12.6. The molecule has 7 heterocycles. The van der Waals surface area contributed by atoms with Gasteiger partial charge in [-0.15, -0.1) is 0 Å². The van der Waals surface area contributed by atoms with Gasteiger partial charge in [-0.2, -0.15) is 5.10 Å². The van der Waals surface area contributed by atoms with Crippen molar-refractivity contribution in [1.82, 2.24) is 34.1 Å².